The number of carbonyl (C=O) groups is 2. The van der Waals surface area contributed by atoms with Crippen LogP contribution in [0.25, 0.3) is 0 Å². The highest BCUT2D eigenvalue weighted by Crippen LogP contribution is 2.41. The number of nitrogens with one attached hydrogen (secondary N) is 1. The molecule has 1 N–H and O–H groups in total. The predicted octanol–water partition coefficient (Wildman–Crippen LogP) is 5.01. The molecule has 0 spiro atoms. The molecular formula is C28H26N2O3. The first-order chi connectivity index (χ1) is 15.8. The molecule has 1 atom stereocenters. The molecule has 33 heavy (non-hydrogen) atoms. The summed E-state index contributed by atoms with van der Waals surface area (Å²) in [5.41, 5.74) is 0.774. The molecular weight excluding hydrogens is 412 g/mol. The number of para-hydroxylation sites is 1. The van der Waals surface area contributed by atoms with Crippen LogP contribution in [0.3, 0.4) is 0 Å². The molecule has 0 radical (unpaired) electrons. The summed E-state index contributed by atoms with van der Waals surface area (Å²) in [5, 5.41) is 2.81. The molecule has 0 fully saturated rings. The zero-order valence-electron chi connectivity index (χ0n) is 19.0. The van der Waals surface area contributed by atoms with Crippen molar-refractivity contribution in [1.82, 2.24) is 5.32 Å². The topological polar surface area (TPSA) is 58.6 Å². The van der Waals surface area contributed by atoms with E-state index in [2.05, 4.69) is 17.2 Å². The van der Waals surface area contributed by atoms with Gasteiger partial charge in [-0.3, -0.25) is 10.1 Å². The van der Waals surface area contributed by atoms with Crippen LogP contribution in [0.4, 0.5) is 10.5 Å². The minimum atomic E-state index is -1.57. The van der Waals surface area contributed by atoms with E-state index in [9.17, 15) is 9.59 Å². The standard InChI is InChI=1S/C28H26N2O3/c1-27(2,3)33-26(32)29-28(19-18-21-12-6-4-7-13-21)23-16-10-11-17-24(23)30(25(28)31)20-22-14-8-5-9-15-22/h4-17H,20H2,1-3H3,(H,29,32)/t28-/m0/s1. The SMILES string of the molecule is CC(C)(C)OC(=O)N[C@]1(C#Cc2ccccc2)C(=O)N(Cc2ccccc2)c2ccccc21. The molecule has 5 nitrogen and oxygen atoms in total. The molecule has 0 saturated carbocycles. The van der Waals surface area contributed by atoms with Crippen LogP contribution in [0, 0.1) is 11.8 Å². The van der Waals surface area contributed by atoms with Crippen LogP contribution in [-0.4, -0.2) is 17.6 Å². The molecule has 4 rings (SSSR count). The Morgan fingerprint density at radius 1 is 0.939 bits per heavy atom. The highest BCUT2D eigenvalue weighted by molar-refractivity contribution is 6.11. The van der Waals surface area contributed by atoms with E-state index in [0.29, 0.717) is 17.8 Å². The predicted molar refractivity (Wildman–Crippen MR) is 128 cm³/mol. The number of anilines is 1. The number of amides is 2. The molecule has 0 saturated heterocycles. The Morgan fingerprint density at radius 2 is 1.55 bits per heavy atom. The second kappa shape index (κ2) is 8.84. The molecule has 0 aromatic heterocycles. The fraction of sp³-hybridized carbons (Fsp3) is 0.214. The van der Waals surface area contributed by atoms with E-state index in [1.165, 1.54) is 0 Å². The fourth-order valence-corrected chi connectivity index (χ4v) is 3.79. The van der Waals surface area contributed by atoms with Crippen molar-refractivity contribution in [1.29, 1.82) is 0 Å². The Kier molecular flexibility index (Phi) is 5.93. The van der Waals surface area contributed by atoms with Gasteiger partial charge in [0.1, 0.15) is 5.60 Å². The van der Waals surface area contributed by atoms with E-state index in [1.807, 2.05) is 84.9 Å². The van der Waals surface area contributed by atoms with E-state index >= 15 is 0 Å². The van der Waals surface area contributed by atoms with Crippen molar-refractivity contribution in [3.8, 4) is 11.8 Å². The monoisotopic (exact) mass is 438 g/mol. The average Bonchev–Trinajstić information content (AvgIpc) is 3.01. The van der Waals surface area contributed by atoms with Gasteiger partial charge in [-0.05, 0) is 44.5 Å². The summed E-state index contributed by atoms with van der Waals surface area (Å²) < 4.78 is 5.51. The maximum Gasteiger partial charge on any atom is 0.409 e. The van der Waals surface area contributed by atoms with Crippen molar-refractivity contribution in [2.24, 2.45) is 0 Å². The van der Waals surface area contributed by atoms with Crippen molar-refractivity contribution in [3.63, 3.8) is 0 Å². The van der Waals surface area contributed by atoms with Crippen LogP contribution < -0.4 is 10.2 Å². The molecule has 0 bridgehead atoms. The first-order valence-electron chi connectivity index (χ1n) is 10.8. The lowest BCUT2D eigenvalue weighted by atomic mass is 9.91. The number of alkyl carbamates (subject to hydrolysis) is 1. The van der Waals surface area contributed by atoms with Gasteiger partial charge in [-0.2, -0.15) is 0 Å². The van der Waals surface area contributed by atoms with E-state index in [-0.39, 0.29) is 5.91 Å². The summed E-state index contributed by atoms with van der Waals surface area (Å²) in [4.78, 5) is 28.5. The highest BCUT2D eigenvalue weighted by atomic mass is 16.6. The third-order valence-corrected chi connectivity index (χ3v) is 5.20. The third kappa shape index (κ3) is 4.75. The Morgan fingerprint density at radius 3 is 2.21 bits per heavy atom. The Balaban J connectivity index is 1.81. The number of ether oxygens (including phenoxy) is 1. The lowest BCUT2D eigenvalue weighted by molar-refractivity contribution is -0.122. The molecule has 2 amide bonds. The van der Waals surface area contributed by atoms with Crippen LogP contribution >= 0.6 is 0 Å². The summed E-state index contributed by atoms with van der Waals surface area (Å²) in [6.07, 6.45) is -0.699. The number of rotatable bonds is 3. The number of hydrogen-bond donors (Lipinski definition) is 1. The van der Waals surface area contributed by atoms with Crippen molar-refractivity contribution < 1.29 is 14.3 Å². The number of nitrogens with zero attached hydrogens (tertiary/aromatic N) is 1. The van der Waals surface area contributed by atoms with Gasteiger partial charge >= 0.3 is 6.09 Å². The third-order valence-electron chi connectivity index (χ3n) is 5.20. The summed E-state index contributed by atoms with van der Waals surface area (Å²) in [6, 6.07) is 26.5. The van der Waals surface area contributed by atoms with Crippen LogP contribution in [0.1, 0.15) is 37.5 Å². The molecule has 1 aliphatic rings. The highest BCUT2D eigenvalue weighted by Gasteiger charge is 2.52. The van der Waals surface area contributed by atoms with Crippen molar-refractivity contribution in [3.05, 3.63) is 102 Å². The number of hydrogen-bond acceptors (Lipinski definition) is 3. The van der Waals surface area contributed by atoms with Crippen LogP contribution in [0.15, 0.2) is 84.9 Å². The summed E-state index contributed by atoms with van der Waals surface area (Å²) >= 11 is 0. The molecule has 166 valence electrons. The van der Waals surface area contributed by atoms with Crippen molar-refractivity contribution >= 4 is 17.7 Å². The van der Waals surface area contributed by atoms with Crippen molar-refractivity contribution in [2.75, 3.05) is 4.90 Å². The lowest BCUT2D eigenvalue weighted by Gasteiger charge is -2.27. The Labute approximate surface area is 194 Å². The number of carbonyl (C=O) groups excluding carboxylic acids is 2. The summed E-state index contributed by atoms with van der Waals surface area (Å²) in [7, 11) is 0. The van der Waals surface area contributed by atoms with E-state index in [4.69, 9.17) is 4.74 Å². The largest absolute Gasteiger partial charge is 0.444 e. The number of benzene rings is 3. The van der Waals surface area contributed by atoms with Crippen LogP contribution in [0.2, 0.25) is 0 Å². The average molecular weight is 439 g/mol. The zero-order chi connectivity index (χ0) is 23.5. The van der Waals surface area contributed by atoms with Gasteiger partial charge in [-0.1, -0.05) is 78.6 Å². The van der Waals surface area contributed by atoms with Gasteiger partial charge in [0, 0.05) is 11.1 Å². The van der Waals surface area contributed by atoms with E-state index in [1.54, 1.807) is 25.7 Å². The van der Waals surface area contributed by atoms with Gasteiger partial charge in [0.15, 0.2) is 0 Å². The van der Waals surface area contributed by atoms with Gasteiger partial charge < -0.3 is 9.64 Å². The number of fused-ring (bicyclic) bond motifs is 1. The quantitative estimate of drug-likeness (QED) is 0.585. The van der Waals surface area contributed by atoms with E-state index in [0.717, 1.165) is 11.1 Å². The first kappa shape index (κ1) is 22.2. The molecule has 0 unspecified atom stereocenters. The normalized spacial score (nSPS) is 17.1. The van der Waals surface area contributed by atoms with Gasteiger partial charge in [0.05, 0.1) is 12.2 Å². The van der Waals surface area contributed by atoms with Gasteiger partial charge in [-0.25, -0.2) is 4.79 Å². The molecule has 3 aromatic carbocycles. The smallest absolute Gasteiger partial charge is 0.409 e. The van der Waals surface area contributed by atoms with Crippen LogP contribution in [-0.2, 0) is 21.6 Å². The van der Waals surface area contributed by atoms with Gasteiger partial charge in [0.25, 0.3) is 5.91 Å². The summed E-state index contributed by atoms with van der Waals surface area (Å²) in [5.74, 6) is 5.86. The zero-order valence-corrected chi connectivity index (χ0v) is 19.0. The summed E-state index contributed by atoms with van der Waals surface area (Å²) in [6.45, 7) is 5.70. The lowest BCUT2D eigenvalue weighted by Crippen LogP contribution is -2.53. The minimum Gasteiger partial charge on any atom is -0.444 e. The molecule has 5 heteroatoms. The van der Waals surface area contributed by atoms with Crippen molar-refractivity contribution in [2.45, 2.75) is 38.5 Å². The minimum absolute atomic E-state index is 0.318. The molecule has 3 aromatic rings. The van der Waals surface area contributed by atoms with Crippen LogP contribution in [0.5, 0.6) is 0 Å². The fourth-order valence-electron chi connectivity index (χ4n) is 3.79. The maximum absolute atomic E-state index is 14.0. The molecule has 1 heterocycles. The van der Waals surface area contributed by atoms with Gasteiger partial charge in [0.2, 0.25) is 5.54 Å². The van der Waals surface area contributed by atoms with Gasteiger partial charge in [-0.15, -0.1) is 0 Å². The van der Waals surface area contributed by atoms with E-state index < -0.39 is 17.2 Å². The first-order valence-corrected chi connectivity index (χ1v) is 10.8. The molecule has 0 aliphatic carbocycles. The second-order valence-electron chi connectivity index (χ2n) is 8.89. The Bertz CT molecular complexity index is 1220. The maximum atomic E-state index is 14.0. The molecule has 1 aliphatic heterocycles. The second-order valence-corrected chi connectivity index (χ2v) is 8.89. The Hall–Kier alpha value is -4.04.